The van der Waals surface area contributed by atoms with Crippen molar-refractivity contribution in [1.29, 1.82) is 0 Å². The summed E-state index contributed by atoms with van der Waals surface area (Å²) in [5.41, 5.74) is 3.26. The molecule has 0 aliphatic carbocycles. The highest BCUT2D eigenvalue weighted by Gasteiger charge is 2.18. The fourth-order valence-corrected chi connectivity index (χ4v) is 4.45. The Labute approximate surface area is 233 Å². The lowest BCUT2D eigenvalue weighted by atomic mass is 10.0. The average molecular weight is 597 g/mol. The van der Waals surface area contributed by atoms with Gasteiger partial charge in [-0.15, -0.1) is 10.2 Å². The van der Waals surface area contributed by atoms with Crippen LogP contribution in [0.4, 0.5) is 5.69 Å². The molecule has 1 aromatic heterocycles. The summed E-state index contributed by atoms with van der Waals surface area (Å²) < 4.78 is 22.7. The third-order valence-electron chi connectivity index (χ3n) is 5.44. The summed E-state index contributed by atoms with van der Waals surface area (Å²) in [5, 5.41) is 12.0. The fourth-order valence-electron chi connectivity index (χ4n) is 3.60. The second kappa shape index (κ2) is 12.6. The third kappa shape index (κ3) is 6.35. The standard InChI is InChI=1S/C27H25BrN4O5S/c1-34-20-11-5-16(13-22(20)36-3)25-26(17-6-12-21(35-2)23(14-17)37-4)31-32-27(30-25)38-15-24(33)29-19-9-7-18(28)8-10-19/h5-14H,15H2,1-4H3,(H,29,33). The number of hydrogen-bond donors (Lipinski definition) is 1. The molecule has 3 aromatic carbocycles. The van der Waals surface area contributed by atoms with Gasteiger partial charge in [0.15, 0.2) is 23.0 Å². The molecular formula is C27H25BrN4O5S. The van der Waals surface area contributed by atoms with Crippen molar-refractivity contribution >= 4 is 39.3 Å². The third-order valence-corrected chi connectivity index (χ3v) is 6.81. The zero-order valence-electron chi connectivity index (χ0n) is 21.1. The van der Waals surface area contributed by atoms with Gasteiger partial charge < -0.3 is 24.3 Å². The SMILES string of the molecule is COc1ccc(-c2nnc(SCC(=O)Nc3ccc(Br)cc3)nc2-c2ccc(OC)c(OC)c2)cc1OC. The van der Waals surface area contributed by atoms with E-state index in [0.717, 1.165) is 15.6 Å². The van der Waals surface area contributed by atoms with Gasteiger partial charge in [0.2, 0.25) is 11.1 Å². The maximum atomic E-state index is 12.5. The number of thioether (sulfide) groups is 1. The maximum absolute atomic E-state index is 12.5. The number of benzene rings is 3. The number of carbonyl (C=O) groups excluding carboxylic acids is 1. The number of rotatable bonds is 10. The van der Waals surface area contributed by atoms with E-state index in [0.29, 0.717) is 45.2 Å². The van der Waals surface area contributed by atoms with Crippen LogP contribution in [0.1, 0.15) is 0 Å². The van der Waals surface area contributed by atoms with Crippen LogP contribution in [-0.4, -0.2) is 55.3 Å². The van der Waals surface area contributed by atoms with E-state index in [1.54, 1.807) is 40.6 Å². The molecule has 4 aromatic rings. The number of hydrogen-bond acceptors (Lipinski definition) is 9. The van der Waals surface area contributed by atoms with Gasteiger partial charge in [0.25, 0.3) is 0 Å². The minimum absolute atomic E-state index is 0.110. The smallest absolute Gasteiger partial charge is 0.234 e. The fraction of sp³-hybridized carbons (Fsp3) is 0.185. The molecule has 196 valence electrons. The molecule has 1 amide bonds. The lowest BCUT2D eigenvalue weighted by molar-refractivity contribution is -0.113. The first-order valence-corrected chi connectivity index (χ1v) is 13.1. The molecule has 0 atom stereocenters. The Bertz CT molecular complexity index is 1440. The zero-order valence-corrected chi connectivity index (χ0v) is 23.6. The first-order valence-electron chi connectivity index (χ1n) is 11.3. The van der Waals surface area contributed by atoms with E-state index < -0.39 is 0 Å². The van der Waals surface area contributed by atoms with Crippen molar-refractivity contribution in [3.63, 3.8) is 0 Å². The maximum Gasteiger partial charge on any atom is 0.234 e. The van der Waals surface area contributed by atoms with Crippen molar-refractivity contribution in [2.24, 2.45) is 0 Å². The molecule has 0 aliphatic rings. The van der Waals surface area contributed by atoms with Crippen LogP contribution in [-0.2, 0) is 4.79 Å². The monoisotopic (exact) mass is 596 g/mol. The number of ether oxygens (including phenoxy) is 4. The minimum atomic E-state index is -0.183. The Morgan fingerprint density at radius 1 is 0.763 bits per heavy atom. The van der Waals surface area contributed by atoms with Gasteiger partial charge in [0.1, 0.15) is 11.4 Å². The molecule has 0 spiro atoms. The van der Waals surface area contributed by atoms with Gasteiger partial charge in [-0.25, -0.2) is 4.98 Å². The molecule has 0 radical (unpaired) electrons. The van der Waals surface area contributed by atoms with Crippen LogP contribution >= 0.6 is 27.7 Å². The predicted octanol–water partition coefficient (Wildman–Crippen LogP) is 5.73. The van der Waals surface area contributed by atoms with Gasteiger partial charge >= 0.3 is 0 Å². The highest BCUT2D eigenvalue weighted by molar-refractivity contribution is 9.10. The van der Waals surface area contributed by atoms with E-state index in [1.165, 1.54) is 11.8 Å². The van der Waals surface area contributed by atoms with Crippen molar-refractivity contribution < 1.29 is 23.7 Å². The number of amides is 1. The lowest BCUT2D eigenvalue weighted by Crippen LogP contribution is -2.14. The van der Waals surface area contributed by atoms with Crippen molar-refractivity contribution in [3.05, 3.63) is 65.1 Å². The number of aromatic nitrogens is 3. The molecular weight excluding hydrogens is 572 g/mol. The Morgan fingerprint density at radius 2 is 1.32 bits per heavy atom. The molecule has 0 fully saturated rings. The molecule has 0 aliphatic heterocycles. The van der Waals surface area contributed by atoms with Crippen LogP contribution in [0.5, 0.6) is 23.0 Å². The summed E-state index contributed by atoms with van der Waals surface area (Å²) in [6.07, 6.45) is 0. The van der Waals surface area contributed by atoms with E-state index in [2.05, 4.69) is 31.4 Å². The Morgan fingerprint density at radius 3 is 1.87 bits per heavy atom. The van der Waals surface area contributed by atoms with Gasteiger partial charge in [0.05, 0.1) is 34.2 Å². The number of methoxy groups -OCH3 is 4. The van der Waals surface area contributed by atoms with Crippen LogP contribution in [0.2, 0.25) is 0 Å². The van der Waals surface area contributed by atoms with Gasteiger partial charge in [-0.3, -0.25) is 4.79 Å². The molecule has 4 rings (SSSR count). The summed E-state index contributed by atoms with van der Waals surface area (Å²) in [7, 11) is 6.29. The number of halogens is 1. The molecule has 0 bridgehead atoms. The summed E-state index contributed by atoms with van der Waals surface area (Å²) in [5.74, 6) is 2.20. The Hall–Kier alpha value is -3.83. The van der Waals surface area contributed by atoms with Crippen LogP contribution in [0.15, 0.2) is 70.3 Å². The summed E-state index contributed by atoms with van der Waals surface area (Å²) in [4.78, 5) is 17.3. The van der Waals surface area contributed by atoms with Crippen LogP contribution in [0.3, 0.4) is 0 Å². The summed E-state index contributed by atoms with van der Waals surface area (Å²) >= 11 is 4.57. The molecule has 0 saturated heterocycles. The van der Waals surface area contributed by atoms with E-state index >= 15 is 0 Å². The number of carbonyl (C=O) groups is 1. The normalized spacial score (nSPS) is 10.6. The molecule has 1 N–H and O–H groups in total. The van der Waals surface area contributed by atoms with Crippen LogP contribution < -0.4 is 24.3 Å². The first-order chi connectivity index (χ1) is 18.4. The summed E-state index contributed by atoms with van der Waals surface area (Å²) in [6.45, 7) is 0. The Balaban J connectivity index is 1.68. The van der Waals surface area contributed by atoms with E-state index in [1.807, 2.05) is 48.5 Å². The molecule has 0 saturated carbocycles. The van der Waals surface area contributed by atoms with Gasteiger partial charge in [-0.05, 0) is 60.7 Å². The van der Waals surface area contributed by atoms with E-state index in [4.69, 9.17) is 23.9 Å². The minimum Gasteiger partial charge on any atom is -0.493 e. The topological polar surface area (TPSA) is 105 Å². The second-order valence-electron chi connectivity index (χ2n) is 7.77. The molecule has 9 nitrogen and oxygen atoms in total. The Kier molecular flexibility index (Phi) is 9.03. The molecule has 0 unspecified atom stereocenters. The van der Waals surface area contributed by atoms with E-state index in [-0.39, 0.29) is 11.7 Å². The van der Waals surface area contributed by atoms with E-state index in [9.17, 15) is 4.79 Å². The van der Waals surface area contributed by atoms with Crippen molar-refractivity contribution in [3.8, 4) is 45.5 Å². The van der Waals surface area contributed by atoms with Crippen molar-refractivity contribution in [2.75, 3.05) is 39.5 Å². The highest BCUT2D eigenvalue weighted by Crippen LogP contribution is 2.38. The second-order valence-corrected chi connectivity index (χ2v) is 9.63. The first kappa shape index (κ1) is 27.2. The highest BCUT2D eigenvalue weighted by atomic mass is 79.9. The zero-order chi connectivity index (χ0) is 27.1. The van der Waals surface area contributed by atoms with Crippen molar-refractivity contribution in [2.45, 2.75) is 5.16 Å². The quantitative estimate of drug-likeness (QED) is 0.230. The largest absolute Gasteiger partial charge is 0.493 e. The molecule has 1 heterocycles. The average Bonchev–Trinajstić information content (AvgIpc) is 2.96. The van der Waals surface area contributed by atoms with Crippen LogP contribution in [0, 0.1) is 0 Å². The number of anilines is 1. The number of nitrogens with one attached hydrogen (secondary N) is 1. The van der Waals surface area contributed by atoms with Gasteiger partial charge in [-0.2, -0.15) is 0 Å². The van der Waals surface area contributed by atoms with Gasteiger partial charge in [0, 0.05) is 21.3 Å². The van der Waals surface area contributed by atoms with Crippen LogP contribution in [0.25, 0.3) is 22.5 Å². The number of nitrogens with zero attached hydrogens (tertiary/aromatic N) is 3. The predicted molar refractivity (Wildman–Crippen MR) is 150 cm³/mol. The molecule has 38 heavy (non-hydrogen) atoms. The summed E-state index contributed by atoms with van der Waals surface area (Å²) in [6, 6.07) is 18.3. The van der Waals surface area contributed by atoms with Crippen molar-refractivity contribution in [1.82, 2.24) is 15.2 Å². The lowest BCUT2D eigenvalue weighted by Gasteiger charge is -2.14. The molecule has 11 heteroatoms. The van der Waals surface area contributed by atoms with Gasteiger partial charge in [-0.1, -0.05) is 27.7 Å².